The molecule has 0 radical (unpaired) electrons. The highest BCUT2D eigenvalue weighted by Crippen LogP contribution is 2.16. The lowest BCUT2D eigenvalue weighted by Crippen LogP contribution is -2.26. The van der Waals surface area contributed by atoms with Crippen LogP contribution in [0.15, 0.2) is 42.6 Å². The molecular weight excluding hydrogens is 278 g/mol. The first-order valence-corrected chi connectivity index (χ1v) is 7.26. The van der Waals surface area contributed by atoms with Crippen molar-refractivity contribution in [2.45, 2.75) is 19.9 Å². The molecule has 0 fully saturated rings. The number of benzene rings is 1. The molecule has 3 N–H and O–H groups in total. The standard InChI is InChI=1S/C17H21N3O2/c1-12-6-7-15(11-19-12)13(2)20-17(21)14-4-3-5-16(10-14)22-9-8-18/h3-7,10-11,13H,8-9,18H2,1-2H3,(H,20,21)/t13-/m0/s1. The van der Waals surface area contributed by atoms with Crippen LogP contribution >= 0.6 is 0 Å². The van der Waals surface area contributed by atoms with E-state index in [4.69, 9.17) is 10.5 Å². The summed E-state index contributed by atoms with van der Waals surface area (Å²) in [5.74, 6) is 0.494. The van der Waals surface area contributed by atoms with Crippen molar-refractivity contribution >= 4 is 5.91 Å². The predicted molar refractivity (Wildman–Crippen MR) is 85.8 cm³/mol. The Bertz CT molecular complexity index is 626. The number of carbonyl (C=O) groups is 1. The van der Waals surface area contributed by atoms with E-state index in [0.717, 1.165) is 11.3 Å². The van der Waals surface area contributed by atoms with Crippen molar-refractivity contribution in [3.05, 3.63) is 59.4 Å². The fourth-order valence-electron chi connectivity index (χ4n) is 2.00. The van der Waals surface area contributed by atoms with Gasteiger partial charge >= 0.3 is 0 Å². The Labute approximate surface area is 130 Å². The van der Waals surface area contributed by atoms with Gasteiger partial charge in [0.05, 0.1) is 6.04 Å². The van der Waals surface area contributed by atoms with Crippen LogP contribution in [0.3, 0.4) is 0 Å². The topological polar surface area (TPSA) is 77.2 Å². The number of pyridine rings is 1. The number of hydrogen-bond acceptors (Lipinski definition) is 4. The van der Waals surface area contributed by atoms with Crippen LogP contribution in [0, 0.1) is 6.92 Å². The second-order valence-corrected chi connectivity index (χ2v) is 5.09. The Morgan fingerprint density at radius 3 is 2.86 bits per heavy atom. The quantitative estimate of drug-likeness (QED) is 0.857. The van der Waals surface area contributed by atoms with Crippen LogP contribution in [0.4, 0.5) is 0 Å². The molecule has 1 aromatic carbocycles. The number of nitrogens with one attached hydrogen (secondary N) is 1. The van der Waals surface area contributed by atoms with Gasteiger partial charge < -0.3 is 15.8 Å². The number of rotatable bonds is 6. The average Bonchev–Trinajstić information content (AvgIpc) is 2.53. The van der Waals surface area contributed by atoms with Gasteiger partial charge in [-0.2, -0.15) is 0 Å². The summed E-state index contributed by atoms with van der Waals surface area (Å²) in [5.41, 5.74) is 7.88. The molecule has 2 rings (SSSR count). The number of aryl methyl sites for hydroxylation is 1. The first-order valence-electron chi connectivity index (χ1n) is 7.26. The van der Waals surface area contributed by atoms with Crippen molar-refractivity contribution in [1.29, 1.82) is 0 Å². The van der Waals surface area contributed by atoms with Gasteiger partial charge in [0, 0.05) is 24.0 Å². The van der Waals surface area contributed by atoms with E-state index in [2.05, 4.69) is 10.3 Å². The van der Waals surface area contributed by atoms with Crippen molar-refractivity contribution in [3.8, 4) is 5.75 Å². The van der Waals surface area contributed by atoms with Gasteiger partial charge in [-0.3, -0.25) is 9.78 Å². The van der Waals surface area contributed by atoms with Gasteiger partial charge in [0.2, 0.25) is 0 Å². The van der Waals surface area contributed by atoms with Crippen LogP contribution in [0.1, 0.15) is 34.6 Å². The largest absolute Gasteiger partial charge is 0.492 e. The van der Waals surface area contributed by atoms with Crippen LogP contribution in [0.25, 0.3) is 0 Å². The molecule has 0 aliphatic rings. The summed E-state index contributed by atoms with van der Waals surface area (Å²) in [6.07, 6.45) is 1.78. The van der Waals surface area contributed by atoms with Crippen LogP contribution in [-0.2, 0) is 0 Å². The normalized spacial score (nSPS) is 11.8. The Hall–Kier alpha value is -2.40. The maximum Gasteiger partial charge on any atom is 0.251 e. The number of nitrogens with zero attached hydrogens (tertiary/aromatic N) is 1. The first-order chi connectivity index (χ1) is 10.6. The second-order valence-electron chi connectivity index (χ2n) is 5.09. The Morgan fingerprint density at radius 2 is 2.18 bits per heavy atom. The van der Waals surface area contributed by atoms with E-state index in [1.165, 1.54) is 0 Å². The molecule has 116 valence electrons. The van der Waals surface area contributed by atoms with E-state index in [1.54, 1.807) is 30.5 Å². The first kappa shape index (κ1) is 16.0. The predicted octanol–water partition coefficient (Wildman–Crippen LogP) is 2.22. The highest BCUT2D eigenvalue weighted by molar-refractivity contribution is 5.94. The SMILES string of the molecule is Cc1ccc([C@H](C)NC(=O)c2cccc(OCCN)c2)cn1. The molecule has 0 saturated heterocycles. The maximum absolute atomic E-state index is 12.3. The van der Waals surface area contributed by atoms with Crippen LogP contribution in [0.5, 0.6) is 5.75 Å². The van der Waals surface area contributed by atoms with Crippen LogP contribution in [-0.4, -0.2) is 24.0 Å². The van der Waals surface area contributed by atoms with E-state index in [9.17, 15) is 4.79 Å². The lowest BCUT2D eigenvalue weighted by atomic mass is 10.1. The van der Waals surface area contributed by atoms with Gasteiger partial charge in [0.15, 0.2) is 0 Å². The van der Waals surface area contributed by atoms with E-state index in [0.29, 0.717) is 24.5 Å². The molecule has 0 bridgehead atoms. The van der Waals surface area contributed by atoms with Gasteiger partial charge in [-0.25, -0.2) is 0 Å². The molecule has 2 aromatic rings. The number of hydrogen-bond donors (Lipinski definition) is 2. The molecule has 1 aromatic heterocycles. The third-order valence-corrected chi connectivity index (χ3v) is 3.26. The molecule has 5 nitrogen and oxygen atoms in total. The molecule has 0 saturated carbocycles. The van der Waals surface area contributed by atoms with Gasteiger partial charge in [-0.05, 0) is 43.7 Å². The fourth-order valence-corrected chi connectivity index (χ4v) is 2.00. The van der Waals surface area contributed by atoms with Crippen LogP contribution < -0.4 is 15.8 Å². The minimum Gasteiger partial charge on any atom is -0.492 e. The summed E-state index contributed by atoms with van der Waals surface area (Å²) in [7, 11) is 0. The molecule has 1 amide bonds. The maximum atomic E-state index is 12.3. The van der Waals surface area contributed by atoms with Crippen molar-refractivity contribution in [2.24, 2.45) is 5.73 Å². The lowest BCUT2D eigenvalue weighted by Gasteiger charge is -2.14. The number of nitrogens with two attached hydrogens (primary N) is 1. The summed E-state index contributed by atoms with van der Waals surface area (Å²) >= 11 is 0. The molecule has 0 spiro atoms. The van der Waals surface area contributed by atoms with E-state index in [-0.39, 0.29) is 11.9 Å². The van der Waals surface area contributed by atoms with Gasteiger partial charge in [0.25, 0.3) is 5.91 Å². The van der Waals surface area contributed by atoms with Crippen LogP contribution in [0.2, 0.25) is 0 Å². The van der Waals surface area contributed by atoms with Crippen molar-refractivity contribution < 1.29 is 9.53 Å². The average molecular weight is 299 g/mol. The summed E-state index contributed by atoms with van der Waals surface area (Å²) in [4.78, 5) is 16.6. The number of amides is 1. The zero-order chi connectivity index (χ0) is 15.9. The van der Waals surface area contributed by atoms with Gasteiger partial charge in [-0.15, -0.1) is 0 Å². The van der Waals surface area contributed by atoms with Gasteiger partial charge in [0.1, 0.15) is 12.4 Å². The Balaban J connectivity index is 2.03. The molecule has 0 aliphatic heterocycles. The second kappa shape index (κ2) is 7.56. The van der Waals surface area contributed by atoms with Crippen molar-refractivity contribution in [1.82, 2.24) is 10.3 Å². The minimum absolute atomic E-state index is 0.116. The van der Waals surface area contributed by atoms with E-state index < -0.39 is 0 Å². The molecule has 0 aliphatic carbocycles. The zero-order valence-electron chi connectivity index (χ0n) is 12.9. The summed E-state index contributed by atoms with van der Waals surface area (Å²) in [6.45, 7) is 4.73. The number of carbonyl (C=O) groups excluding carboxylic acids is 1. The fraction of sp³-hybridized carbons (Fsp3) is 0.294. The monoisotopic (exact) mass is 299 g/mol. The smallest absolute Gasteiger partial charge is 0.251 e. The van der Waals surface area contributed by atoms with E-state index in [1.807, 2.05) is 26.0 Å². The highest BCUT2D eigenvalue weighted by Gasteiger charge is 2.12. The van der Waals surface area contributed by atoms with Gasteiger partial charge in [-0.1, -0.05) is 12.1 Å². The zero-order valence-corrected chi connectivity index (χ0v) is 12.9. The summed E-state index contributed by atoms with van der Waals surface area (Å²) in [6, 6.07) is 10.8. The molecule has 1 heterocycles. The molecule has 0 unspecified atom stereocenters. The Morgan fingerprint density at radius 1 is 1.36 bits per heavy atom. The minimum atomic E-state index is -0.147. The summed E-state index contributed by atoms with van der Waals surface area (Å²) in [5, 5.41) is 2.96. The third kappa shape index (κ3) is 4.30. The highest BCUT2D eigenvalue weighted by atomic mass is 16.5. The molecular formula is C17H21N3O2. The number of ether oxygens (including phenoxy) is 1. The summed E-state index contributed by atoms with van der Waals surface area (Å²) < 4.78 is 5.43. The van der Waals surface area contributed by atoms with E-state index >= 15 is 0 Å². The van der Waals surface area contributed by atoms with Crippen molar-refractivity contribution in [2.75, 3.05) is 13.2 Å². The molecule has 1 atom stereocenters. The Kier molecular flexibility index (Phi) is 5.49. The number of aromatic nitrogens is 1. The van der Waals surface area contributed by atoms with Crippen molar-refractivity contribution in [3.63, 3.8) is 0 Å². The third-order valence-electron chi connectivity index (χ3n) is 3.26. The molecule has 22 heavy (non-hydrogen) atoms. The lowest BCUT2D eigenvalue weighted by molar-refractivity contribution is 0.0939. The molecule has 5 heteroatoms.